The SMILES string of the molecule is COc1c(F)c(F)c(-c2c(F)c(F)c(Oc3ccc(C(c4ccc(Oc5cccc(-c6ccc(-c7cccc(C)c7C#N)c(C(=O)c7ccc(OC8CCCCO8)cc7)c6)c5C#N)cc4)(C(F)(F)F)C(F)(F)F)cc3)c(F)c2F)c(F)c1F.COc1ccc(C(c2ccc(Oc3cccc(Oc4ccc(C(c5ccc(C)cc5)(C(F)(F)F)C(F)(F)F)cc4)c3C#N)cc2)(C(F)(F)F)C(F)(F)F)cc1. The number of nitrogens with zero attached hydrogens (tertiary/aromatic N) is 3. The monoisotopic (exact) mass is 1940 g/mol. The number of halogens is 26. The Hall–Kier alpha value is -15.3. The van der Waals surface area contributed by atoms with Crippen molar-refractivity contribution in [1.82, 2.24) is 0 Å². The molecular weight excluding hydrogens is 1880 g/mol. The number of carbonyl (C=O) groups is 1. The van der Waals surface area contributed by atoms with Crippen molar-refractivity contribution < 1.29 is 157 Å². The number of ketones is 1. The third-order valence-corrected chi connectivity index (χ3v) is 22.5. The molecule has 12 nitrogen and oxygen atoms in total. The number of aryl methyl sites for hydroxylation is 2. The predicted octanol–water partition coefficient (Wildman–Crippen LogP) is 29.3. The maximum absolute atomic E-state index is 15.3. The average Bonchev–Trinajstić information content (AvgIpc) is 0.721. The molecule has 0 aliphatic carbocycles. The molecule has 1 aliphatic rings. The Morgan fingerprint density at radius 1 is 0.341 bits per heavy atom. The van der Waals surface area contributed by atoms with Gasteiger partial charge in [-0.25, -0.2) is 17.6 Å². The van der Waals surface area contributed by atoms with Crippen LogP contribution >= 0.6 is 0 Å². The summed E-state index contributed by atoms with van der Waals surface area (Å²) in [5.41, 5.74) is -23.6. The summed E-state index contributed by atoms with van der Waals surface area (Å²) in [6.07, 6.45) is -33.8. The minimum atomic E-state index is -6.23. The van der Waals surface area contributed by atoms with Gasteiger partial charge in [0.1, 0.15) is 81.1 Å². The van der Waals surface area contributed by atoms with Crippen molar-refractivity contribution in [3.8, 4) is 115 Å². The quantitative estimate of drug-likeness (QED) is 0.0339. The number of benzene rings is 13. The number of carbonyl (C=O) groups excluding carboxylic acids is 1. The van der Waals surface area contributed by atoms with E-state index in [0.29, 0.717) is 114 Å². The summed E-state index contributed by atoms with van der Waals surface area (Å²) in [6.45, 7) is 3.76. The van der Waals surface area contributed by atoms with Gasteiger partial charge in [0, 0.05) is 28.7 Å². The highest BCUT2D eigenvalue weighted by atomic mass is 19.4. The third-order valence-electron chi connectivity index (χ3n) is 22.5. The maximum atomic E-state index is 15.3. The number of ether oxygens (including phenoxy) is 8. The van der Waals surface area contributed by atoms with E-state index in [9.17, 15) is 90.8 Å². The summed E-state index contributed by atoms with van der Waals surface area (Å²) in [5.74, 6) is -27.0. The second-order valence-corrected chi connectivity index (χ2v) is 30.6. The van der Waals surface area contributed by atoms with Gasteiger partial charge in [0.25, 0.3) is 0 Å². The number of nitriles is 3. The van der Waals surface area contributed by atoms with Crippen molar-refractivity contribution >= 4 is 5.78 Å². The van der Waals surface area contributed by atoms with E-state index < -0.39 is 174 Å². The molecule has 1 fully saturated rings. The molecule has 712 valence electrons. The molecule has 38 heteroatoms. The van der Waals surface area contributed by atoms with Crippen LogP contribution in [0.4, 0.5) is 114 Å². The summed E-state index contributed by atoms with van der Waals surface area (Å²) in [6, 6.07) is 45.8. The molecule has 0 saturated carbocycles. The number of hydrogen-bond donors (Lipinski definition) is 0. The number of rotatable bonds is 23. The van der Waals surface area contributed by atoms with Crippen LogP contribution in [0.15, 0.2) is 243 Å². The lowest BCUT2D eigenvalue weighted by Gasteiger charge is -2.38. The van der Waals surface area contributed by atoms with Crippen LogP contribution in [-0.2, 0) is 21.0 Å². The van der Waals surface area contributed by atoms with Gasteiger partial charge >= 0.3 is 37.1 Å². The van der Waals surface area contributed by atoms with E-state index in [0.717, 1.165) is 85.6 Å². The third kappa shape index (κ3) is 18.5. The largest absolute Gasteiger partial charge is 0.497 e. The predicted molar refractivity (Wildman–Crippen MR) is 444 cm³/mol. The van der Waals surface area contributed by atoms with Crippen LogP contribution in [0.2, 0.25) is 0 Å². The molecule has 13 aromatic rings. The van der Waals surface area contributed by atoms with Crippen LogP contribution in [0.1, 0.15) is 96.4 Å². The van der Waals surface area contributed by atoms with Gasteiger partial charge in [-0.3, -0.25) is 4.79 Å². The Morgan fingerprint density at radius 3 is 1.04 bits per heavy atom. The highest BCUT2D eigenvalue weighted by molar-refractivity contribution is 6.14. The molecular formula is C100H61F26N3O9. The summed E-state index contributed by atoms with van der Waals surface area (Å²) < 4.78 is 428. The molecule has 0 spiro atoms. The van der Waals surface area contributed by atoms with Crippen LogP contribution in [0.25, 0.3) is 33.4 Å². The van der Waals surface area contributed by atoms with Crippen LogP contribution < -0.4 is 33.2 Å². The zero-order valence-electron chi connectivity index (χ0n) is 70.8. The van der Waals surface area contributed by atoms with Crippen LogP contribution in [0, 0.1) is 94.4 Å². The fraction of sp³-hybridized carbons (Fsp3) is 0.180. The van der Waals surface area contributed by atoms with Gasteiger partial charge in [-0.1, -0.05) is 139 Å². The van der Waals surface area contributed by atoms with E-state index in [-0.39, 0.29) is 85.8 Å². The number of methoxy groups -OCH3 is 2. The van der Waals surface area contributed by atoms with E-state index in [1.165, 1.54) is 56.5 Å². The van der Waals surface area contributed by atoms with Gasteiger partial charge in [-0.2, -0.15) is 112 Å². The van der Waals surface area contributed by atoms with Crippen LogP contribution in [0.3, 0.4) is 0 Å². The fourth-order valence-corrected chi connectivity index (χ4v) is 15.8. The summed E-state index contributed by atoms with van der Waals surface area (Å²) in [4.78, 5) is 14.5. The Kier molecular flexibility index (Phi) is 28.2. The van der Waals surface area contributed by atoms with E-state index in [1.54, 1.807) is 67.6 Å². The number of alkyl halides is 18. The van der Waals surface area contributed by atoms with Crippen LogP contribution in [0.5, 0.6) is 63.2 Å². The summed E-state index contributed by atoms with van der Waals surface area (Å²) in [5, 5.41) is 30.6. The lowest BCUT2D eigenvalue weighted by atomic mass is 9.72. The van der Waals surface area contributed by atoms with Gasteiger partial charge in [0.15, 0.2) is 41.1 Å². The standard InChI is InChI=1S/C61H36F14N2O6.C39H25F12NO3/c1-30-7-5-9-39(42(30)28-76)40-25-14-32(27-41(40)56(78)31-12-19-36(20-13-31)82-45-11-3-4-26-80-45)38-8-6-10-44(43(38)29-77)81-35-21-15-33(16-22-35)59(60(70,71)72,61(73,74)75)34-17-23-37(24-18-34)83-58-54(68)50(64)47(51(65)55(58)69)46-48(62)52(66)57(79-2)53(67)49(46)63;1-23-6-8-24(9-7-23)34(36(40,41)42,37(43,44)45)26-12-18-29(19-13-26)54-32-4-3-5-33(31(32)22-52)55-30-20-14-27(15-21-30)35(38(46,47)48,39(49,50)51)25-10-16-28(53-2)17-11-25/h5-10,12-25,27,45H,3-4,11,26H2,1-2H3;3-21H,1-2H3. The Balaban J connectivity index is 0.000000253. The van der Waals surface area contributed by atoms with E-state index in [1.807, 2.05) is 6.07 Å². The maximum Gasteiger partial charge on any atom is 0.411 e. The molecule has 1 heterocycles. The normalized spacial score (nSPS) is 13.4. The Morgan fingerprint density at radius 2 is 0.681 bits per heavy atom. The zero-order valence-corrected chi connectivity index (χ0v) is 70.8. The molecule has 0 radical (unpaired) electrons. The lowest BCUT2D eigenvalue weighted by Crippen LogP contribution is -2.54. The highest BCUT2D eigenvalue weighted by Gasteiger charge is 2.75. The smallest absolute Gasteiger partial charge is 0.411 e. The first-order valence-electron chi connectivity index (χ1n) is 40.2. The highest BCUT2D eigenvalue weighted by Crippen LogP contribution is 2.61. The Labute approximate surface area is 765 Å². The van der Waals surface area contributed by atoms with Crippen molar-refractivity contribution in [3.63, 3.8) is 0 Å². The fourth-order valence-electron chi connectivity index (χ4n) is 15.8. The minimum absolute atomic E-state index is 0.0188. The average molecular weight is 1940 g/mol. The molecule has 0 bridgehead atoms. The Bertz CT molecular complexity index is 6760. The zero-order chi connectivity index (χ0) is 100. The van der Waals surface area contributed by atoms with Gasteiger partial charge in [-0.05, 0) is 186 Å². The van der Waals surface area contributed by atoms with E-state index >= 15 is 43.9 Å². The number of hydrogen-bond acceptors (Lipinski definition) is 12. The summed E-state index contributed by atoms with van der Waals surface area (Å²) >= 11 is 0. The molecule has 0 aromatic heterocycles. The second kappa shape index (κ2) is 38.8. The second-order valence-electron chi connectivity index (χ2n) is 30.6. The van der Waals surface area contributed by atoms with Crippen molar-refractivity contribution in [2.75, 3.05) is 20.8 Å². The lowest BCUT2D eigenvalue weighted by molar-refractivity contribution is -0.290. The van der Waals surface area contributed by atoms with Gasteiger partial charge in [0.05, 0.1) is 37.5 Å². The molecule has 138 heavy (non-hydrogen) atoms. The van der Waals surface area contributed by atoms with Gasteiger partial charge in [-0.15, -0.1) is 0 Å². The van der Waals surface area contributed by atoms with Crippen molar-refractivity contribution in [2.24, 2.45) is 0 Å². The van der Waals surface area contributed by atoms with Gasteiger partial charge < -0.3 is 37.9 Å². The molecule has 13 aromatic carbocycles. The molecule has 1 atom stereocenters. The topological polar surface area (TPSA) is 162 Å². The minimum Gasteiger partial charge on any atom is -0.497 e. The first kappa shape index (κ1) is 100. The first-order chi connectivity index (χ1) is 65.1. The van der Waals surface area contributed by atoms with E-state index in [2.05, 4.69) is 10.8 Å². The van der Waals surface area contributed by atoms with Crippen molar-refractivity contribution in [2.45, 2.75) is 92.7 Å². The molecule has 0 N–H and O–H groups in total. The molecule has 14 rings (SSSR count). The summed E-state index contributed by atoms with van der Waals surface area (Å²) in [7, 11) is 1.75. The van der Waals surface area contributed by atoms with Crippen molar-refractivity contribution in [1.29, 1.82) is 15.8 Å². The molecule has 1 aliphatic heterocycles. The molecule has 1 unspecified atom stereocenters. The van der Waals surface area contributed by atoms with Crippen molar-refractivity contribution in [3.05, 3.63) is 362 Å². The van der Waals surface area contributed by atoms with Crippen LogP contribution in [-0.4, -0.2) is 70.0 Å². The van der Waals surface area contributed by atoms with Gasteiger partial charge in [0.2, 0.25) is 45.3 Å². The molecule has 0 amide bonds. The first-order valence-corrected chi connectivity index (χ1v) is 40.2. The van der Waals surface area contributed by atoms with E-state index in [4.69, 9.17) is 33.2 Å². The molecule has 1 saturated heterocycles.